The zero-order chi connectivity index (χ0) is 13.8. The molecule has 0 fully saturated rings. The molecule has 1 atom stereocenters. The zero-order valence-corrected chi connectivity index (χ0v) is 12.5. The van der Waals surface area contributed by atoms with Crippen LogP contribution in [0, 0.1) is 0 Å². The predicted molar refractivity (Wildman–Crippen MR) is 78.8 cm³/mol. The third kappa shape index (κ3) is 3.57. The highest BCUT2D eigenvalue weighted by molar-refractivity contribution is 6.48. The Morgan fingerprint density at radius 3 is 2.63 bits per heavy atom. The average Bonchev–Trinajstić information content (AvgIpc) is 2.43. The third-order valence-electron chi connectivity index (χ3n) is 2.75. The van der Waals surface area contributed by atoms with Gasteiger partial charge in [-0.3, -0.25) is 0 Å². The molecular formula is C13H12Cl3N3. The van der Waals surface area contributed by atoms with Crippen LogP contribution in [-0.4, -0.2) is 10.2 Å². The van der Waals surface area contributed by atoms with Crippen molar-refractivity contribution >= 4 is 34.8 Å². The summed E-state index contributed by atoms with van der Waals surface area (Å²) in [5.41, 5.74) is 1.77. The zero-order valence-electron chi connectivity index (χ0n) is 10.2. The number of nitrogens with zero attached hydrogens (tertiary/aromatic N) is 2. The summed E-state index contributed by atoms with van der Waals surface area (Å²) in [6.07, 6.45) is 1.64. The van der Waals surface area contributed by atoms with Crippen molar-refractivity contribution in [2.45, 2.75) is 19.5 Å². The Bertz CT molecular complexity index is 561. The molecule has 19 heavy (non-hydrogen) atoms. The minimum absolute atomic E-state index is 0.0317. The van der Waals surface area contributed by atoms with Gasteiger partial charge in [-0.15, -0.1) is 0 Å². The maximum absolute atomic E-state index is 6.19. The first kappa shape index (κ1) is 14.5. The fourth-order valence-corrected chi connectivity index (χ4v) is 2.38. The van der Waals surface area contributed by atoms with E-state index in [1.54, 1.807) is 12.3 Å². The Morgan fingerprint density at radius 2 is 1.95 bits per heavy atom. The molecule has 0 spiro atoms. The summed E-state index contributed by atoms with van der Waals surface area (Å²) in [5.74, 6) is 0. The van der Waals surface area contributed by atoms with E-state index in [0.29, 0.717) is 21.6 Å². The summed E-state index contributed by atoms with van der Waals surface area (Å²) in [4.78, 5) is 0. The van der Waals surface area contributed by atoms with Crippen LogP contribution in [0.4, 0.5) is 0 Å². The lowest BCUT2D eigenvalue weighted by Crippen LogP contribution is -2.19. The van der Waals surface area contributed by atoms with Crippen molar-refractivity contribution in [1.82, 2.24) is 15.5 Å². The molecule has 6 heteroatoms. The van der Waals surface area contributed by atoms with Crippen molar-refractivity contribution in [2.24, 2.45) is 0 Å². The molecule has 0 saturated carbocycles. The van der Waals surface area contributed by atoms with E-state index in [9.17, 15) is 0 Å². The van der Waals surface area contributed by atoms with Crippen molar-refractivity contribution in [3.63, 3.8) is 0 Å². The Balaban J connectivity index is 2.08. The molecule has 100 valence electrons. The molecule has 0 bridgehead atoms. The van der Waals surface area contributed by atoms with Crippen LogP contribution in [0.3, 0.4) is 0 Å². The molecule has 3 nitrogen and oxygen atoms in total. The first-order valence-corrected chi connectivity index (χ1v) is 6.86. The smallest absolute Gasteiger partial charge is 0.0781 e. The summed E-state index contributed by atoms with van der Waals surface area (Å²) < 4.78 is 0. The second kappa shape index (κ2) is 6.53. The first-order chi connectivity index (χ1) is 9.09. The molecular weight excluding hydrogens is 305 g/mol. The van der Waals surface area contributed by atoms with Gasteiger partial charge in [0.15, 0.2) is 0 Å². The molecule has 1 aromatic heterocycles. The molecule has 1 aromatic carbocycles. The van der Waals surface area contributed by atoms with E-state index < -0.39 is 0 Å². The van der Waals surface area contributed by atoms with Gasteiger partial charge in [-0.25, -0.2) is 0 Å². The Labute approximate surface area is 126 Å². The van der Waals surface area contributed by atoms with Gasteiger partial charge in [0.1, 0.15) is 0 Å². The van der Waals surface area contributed by atoms with Crippen LogP contribution < -0.4 is 5.32 Å². The SMILES string of the molecule is CC(NCc1cccnn1)c1ccc(Cl)c(Cl)c1Cl. The molecule has 0 radical (unpaired) electrons. The summed E-state index contributed by atoms with van der Waals surface area (Å²) in [5, 5.41) is 12.5. The number of benzene rings is 1. The van der Waals surface area contributed by atoms with Crippen LogP contribution in [0.15, 0.2) is 30.5 Å². The number of aromatic nitrogens is 2. The third-order valence-corrected chi connectivity index (χ3v) is 4.06. The highest BCUT2D eigenvalue weighted by atomic mass is 35.5. The quantitative estimate of drug-likeness (QED) is 0.855. The summed E-state index contributed by atoms with van der Waals surface area (Å²) in [7, 11) is 0. The van der Waals surface area contributed by atoms with E-state index in [0.717, 1.165) is 11.3 Å². The van der Waals surface area contributed by atoms with Crippen molar-refractivity contribution in [1.29, 1.82) is 0 Å². The van der Waals surface area contributed by atoms with Gasteiger partial charge in [0.2, 0.25) is 0 Å². The first-order valence-electron chi connectivity index (χ1n) is 5.73. The van der Waals surface area contributed by atoms with Gasteiger partial charge in [0, 0.05) is 18.8 Å². The number of rotatable bonds is 4. The fraction of sp³-hybridized carbons (Fsp3) is 0.231. The van der Waals surface area contributed by atoms with Gasteiger partial charge in [-0.2, -0.15) is 10.2 Å². The van der Waals surface area contributed by atoms with Gasteiger partial charge in [0.25, 0.3) is 0 Å². The van der Waals surface area contributed by atoms with Crippen molar-refractivity contribution < 1.29 is 0 Å². The van der Waals surface area contributed by atoms with E-state index in [4.69, 9.17) is 34.8 Å². The van der Waals surface area contributed by atoms with Crippen molar-refractivity contribution in [3.8, 4) is 0 Å². The number of nitrogens with one attached hydrogen (secondary N) is 1. The van der Waals surface area contributed by atoms with Gasteiger partial charge in [-0.1, -0.05) is 40.9 Å². The second-order valence-corrected chi connectivity index (χ2v) is 5.25. The lowest BCUT2D eigenvalue weighted by Gasteiger charge is -2.16. The van der Waals surface area contributed by atoms with Gasteiger partial charge in [-0.05, 0) is 30.7 Å². The molecule has 2 aromatic rings. The fourth-order valence-electron chi connectivity index (χ4n) is 1.67. The van der Waals surface area contributed by atoms with E-state index in [1.165, 1.54) is 0 Å². The largest absolute Gasteiger partial charge is 0.304 e. The maximum atomic E-state index is 6.19. The van der Waals surface area contributed by atoms with Crippen molar-refractivity contribution in [2.75, 3.05) is 0 Å². The standard InChI is InChI=1S/C13H12Cl3N3/c1-8(17-7-9-3-2-6-18-19-9)10-4-5-11(14)13(16)12(10)15/h2-6,8,17H,7H2,1H3. The molecule has 1 unspecified atom stereocenters. The lowest BCUT2D eigenvalue weighted by molar-refractivity contribution is 0.564. The molecule has 0 aliphatic rings. The number of hydrogen-bond donors (Lipinski definition) is 1. The summed E-state index contributed by atoms with van der Waals surface area (Å²) in [6, 6.07) is 7.39. The van der Waals surface area contributed by atoms with E-state index in [2.05, 4.69) is 15.5 Å². The maximum Gasteiger partial charge on any atom is 0.0781 e. The molecule has 0 amide bonds. The molecule has 2 rings (SSSR count). The Hall–Kier alpha value is -0.870. The van der Waals surface area contributed by atoms with Gasteiger partial charge < -0.3 is 5.32 Å². The van der Waals surface area contributed by atoms with Crippen LogP contribution in [0.2, 0.25) is 15.1 Å². The van der Waals surface area contributed by atoms with E-state index >= 15 is 0 Å². The Kier molecular flexibility index (Phi) is 4.99. The molecule has 0 aliphatic heterocycles. The van der Waals surface area contributed by atoms with Crippen LogP contribution in [0.5, 0.6) is 0 Å². The van der Waals surface area contributed by atoms with Gasteiger partial charge >= 0.3 is 0 Å². The molecule has 0 aliphatic carbocycles. The van der Waals surface area contributed by atoms with Gasteiger partial charge in [0.05, 0.1) is 20.8 Å². The molecule has 1 N–H and O–H groups in total. The average molecular weight is 317 g/mol. The monoisotopic (exact) mass is 315 g/mol. The predicted octanol–water partition coefficient (Wildman–Crippen LogP) is 4.29. The number of halogens is 3. The highest BCUT2D eigenvalue weighted by Gasteiger charge is 2.14. The topological polar surface area (TPSA) is 37.8 Å². The molecule has 0 saturated heterocycles. The van der Waals surface area contributed by atoms with Crippen LogP contribution in [0.1, 0.15) is 24.2 Å². The van der Waals surface area contributed by atoms with Crippen LogP contribution in [0.25, 0.3) is 0 Å². The highest BCUT2D eigenvalue weighted by Crippen LogP contribution is 2.35. The minimum atomic E-state index is 0.0317. The van der Waals surface area contributed by atoms with Crippen LogP contribution in [-0.2, 0) is 6.54 Å². The Morgan fingerprint density at radius 1 is 1.16 bits per heavy atom. The number of hydrogen-bond acceptors (Lipinski definition) is 3. The second-order valence-electron chi connectivity index (χ2n) is 4.08. The summed E-state index contributed by atoms with van der Waals surface area (Å²) in [6.45, 7) is 2.60. The normalized spacial score (nSPS) is 12.4. The molecule has 1 heterocycles. The summed E-state index contributed by atoms with van der Waals surface area (Å²) >= 11 is 18.1. The lowest BCUT2D eigenvalue weighted by atomic mass is 10.1. The van der Waals surface area contributed by atoms with Crippen molar-refractivity contribution in [3.05, 3.63) is 56.8 Å². The minimum Gasteiger partial charge on any atom is -0.304 e. The van der Waals surface area contributed by atoms with E-state index in [-0.39, 0.29) is 6.04 Å². The van der Waals surface area contributed by atoms with Crippen LogP contribution >= 0.6 is 34.8 Å². The van der Waals surface area contributed by atoms with E-state index in [1.807, 2.05) is 25.1 Å².